The number of halogens is 1. The third kappa shape index (κ3) is 2.43. The van der Waals surface area contributed by atoms with Gasteiger partial charge in [-0.3, -0.25) is 0 Å². The van der Waals surface area contributed by atoms with Crippen LogP contribution in [0.5, 0.6) is 5.75 Å². The summed E-state index contributed by atoms with van der Waals surface area (Å²) in [5, 5.41) is 2.64. The number of rotatable bonds is 3. The number of hydrogen-bond acceptors (Lipinski definition) is 2. The molecule has 23 heavy (non-hydrogen) atoms. The fourth-order valence-electron chi connectivity index (χ4n) is 2.98. The molecule has 2 aromatic heterocycles. The molecule has 0 unspecified atom stereocenters. The maximum atomic E-state index is 6.36. The van der Waals surface area contributed by atoms with Crippen LogP contribution in [0.15, 0.2) is 60.8 Å². The molecule has 0 N–H and O–H groups in total. The SMILES string of the molecule is COc1cccc(Cn2ccc3c(Cl)nc4ccccc4c32)c1. The quantitative estimate of drug-likeness (QED) is 0.502. The maximum absolute atomic E-state index is 6.36. The Morgan fingerprint density at radius 3 is 2.78 bits per heavy atom. The van der Waals surface area contributed by atoms with Gasteiger partial charge in [0.2, 0.25) is 0 Å². The van der Waals surface area contributed by atoms with Crippen molar-refractivity contribution in [2.75, 3.05) is 7.11 Å². The van der Waals surface area contributed by atoms with Gasteiger partial charge in [-0.25, -0.2) is 4.98 Å². The Morgan fingerprint density at radius 1 is 1.04 bits per heavy atom. The van der Waals surface area contributed by atoms with Crippen molar-refractivity contribution in [1.29, 1.82) is 0 Å². The summed E-state index contributed by atoms with van der Waals surface area (Å²) in [5.74, 6) is 0.864. The van der Waals surface area contributed by atoms with Crippen LogP contribution in [0, 0.1) is 0 Å². The summed E-state index contributed by atoms with van der Waals surface area (Å²) in [6, 6.07) is 18.2. The second kappa shape index (κ2) is 5.60. The Bertz CT molecular complexity index is 1010. The standard InChI is InChI=1S/C19H15ClN2O/c1-23-14-6-4-5-13(11-14)12-22-10-9-16-18(22)15-7-2-3-8-17(15)21-19(16)20/h2-11H,12H2,1H3. The molecule has 0 spiro atoms. The van der Waals surface area contributed by atoms with Crippen LogP contribution < -0.4 is 4.74 Å². The average molecular weight is 323 g/mol. The topological polar surface area (TPSA) is 27.1 Å². The van der Waals surface area contributed by atoms with Crippen LogP contribution in [-0.4, -0.2) is 16.7 Å². The lowest BCUT2D eigenvalue weighted by molar-refractivity contribution is 0.414. The van der Waals surface area contributed by atoms with Gasteiger partial charge >= 0.3 is 0 Å². The molecule has 4 heteroatoms. The number of fused-ring (bicyclic) bond motifs is 3. The highest BCUT2D eigenvalue weighted by Gasteiger charge is 2.11. The van der Waals surface area contributed by atoms with Gasteiger partial charge in [0.15, 0.2) is 0 Å². The summed E-state index contributed by atoms with van der Waals surface area (Å²) in [5.41, 5.74) is 3.21. The molecule has 3 nitrogen and oxygen atoms in total. The molecule has 2 heterocycles. The van der Waals surface area contributed by atoms with Crippen molar-refractivity contribution < 1.29 is 4.74 Å². The minimum atomic E-state index is 0.545. The molecule has 0 radical (unpaired) electrons. The normalized spacial score (nSPS) is 11.2. The fraction of sp³-hybridized carbons (Fsp3) is 0.105. The van der Waals surface area contributed by atoms with E-state index in [9.17, 15) is 0 Å². The van der Waals surface area contributed by atoms with Gasteiger partial charge in [0.25, 0.3) is 0 Å². The molecule has 0 aliphatic carbocycles. The van der Waals surface area contributed by atoms with Crippen molar-refractivity contribution in [2.24, 2.45) is 0 Å². The summed E-state index contributed by atoms with van der Waals surface area (Å²) in [6.45, 7) is 0.755. The zero-order chi connectivity index (χ0) is 15.8. The number of methoxy groups -OCH3 is 1. The minimum absolute atomic E-state index is 0.545. The van der Waals surface area contributed by atoms with E-state index in [-0.39, 0.29) is 0 Å². The van der Waals surface area contributed by atoms with Crippen molar-refractivity contribution in [2.45, 2.75) is 6.54 Å². The predicted octanol–water partition coefficient (Wildman–Crippen LogP) is 4.90. The highest BCUT2D eigenvalue weighted by Crippen LogP contribution is 2.30. The second-order valence-electron chi connectivity index (χ2n) is 5.48. The van der Waals surface area contributed by atoms with Gasteiger partial charge in [0, 0.05) is 23.5 Å². The third-order valence-electron chi connectivity index (χ3n) is 4.05. The molecule has 0 fully saturated rings. The third-order valence-corrected chi connectivity index (χ3v) is 4.34. The number of nitrogens with zero attached hydrogens (tertiary/aromatic N) is 2. The van der Waals surface area contributed by atoms with E-state index in [2.05, 4.69) is 33.9 Å². The monoisotopic (exact) mass is 322 g/mol. The summed E-state index contributed by atoms with van der Waals surface area (Å²) in [6.07, 6.45) is 2.06. The van der Waals surface area contributed by atoms with E-state index in [0.29, 0.717) is 5.15 Å². The molecule has 0 saturated carbocycles. The Balaban J connectivity index is 1.90. The molecule has 0 saturated heterocycles. The van der Waals surface area contributed by atoms with Gasteiger partial charge in [-0.05, 0) is 29.8 Å². The molecule has 2 aromatic carbocycles. The minimum Gasteiger partial charge on any atom is -0.497 e. The van der Waals surface area contributed by atoms with E-state index in [1.807, 2.05) is 36.4 Å². The van der Waals surface area contributed by atoms with Gasteiger partial charge in [-0.2, -0.15) is 0 Å². The lowest BCUT2D eigenvalue weighted by Crippen LogP contribution is -1.99. The summed E-state index contributed by atoms with van der Waals surface area (Å²) in [7, 11) is 1.68. The first-order chi connectivity index (χ1) is 11.3. The molecule has 0 bridgehead atoms. The number of hydrogen-bond donors (Lipinski definition) is 0. The second-order valence-corrected chi connectivity index (χ2v) is 5.84. The van der Waals surface area contributed by atoms with E-state index in [1.165, 1.54) is 5.56 Å². The van der Waals surface area contributed by atoms with Gasteiger partial charge in [-0.1, -0.05) is 41.9 Å². The van der Waals surface area contributed by atoms with Crippen LogP contribution in [0.25, 0.3) is 21.8 Å². The molecule has 114 valence electrons. The van der Waals surface area contributed by atoms with E-state index < -0.39 is 0 Å². The molecular weight excluding hydrogens is 308 g/mol. The van der Waals surface area contributed by atoms with E-state index in [1.54, 1.807) is 7.11 Å². The number of aromatic nitrogens is 2. The molecule has 0 aliphatic heterocycles. The average Bonchev–Trinajstić information content (AvgIpc) is 3.00. The van der Waals surface area contributed by atoms with Crippen molar-refractivity contribution in [3.05, 3.63) is 71.5 Å². The van der Waals surface area contributed by atoms with Crippen molar-refractivity contribution in [1.82, 2.24) is 9.55 Å². The smallest absolute Gasteiger partial charge is 0.139 e. The van der Waals surface area contributed by atoms with Crippen LogP contribution in [0.4, 0.5) is 0 Å². The number of benzene rings is 2. The highest BCUT2D eigenvalue weighted by atomic mass is 35.5. The zero-order valence-electron chi connectivity index (χ0n) is 12.7. The molecule has 4 rings (SSSR count). The first-order valence-corrected chi connectivity index (χ1v) is 7.80. The molecule has 0 amide bonds. The van der Waals surface area contributed by atoms with Crippen LogP contribution in [0.3, 0.4) is 0 Å². The van der Waals surface area contributed by atoms with Crippen LogP contribution in [0.2, 0.25) is 5.15 Å². The molecule has 4 aromatic rings. The van der Waals surface area contributed by atoms with E-state index in [0.717, 1.165) is 34.1 Å². The van der Waals surface area contributed by atoms with Gasteiger partial charge in [0.05, 0.1) is 18.1 Å². The van der Waals surface area contributed by atoms with Crippen molar-refractivity contribution >= 4 is 33.4 Å². The van der Waals surface area contributed by atoms with Gasteiger partial charge < -0.3 is 9.30 Å². The van der Waals surface area contributed by atoms with E-state index in [4.69, 9.17) is 16.3 Å². The highest BCUT2D eigenvalue weighted by molar-refractivity contribution is 6.35. The molecule has 0 atom stereocenters. The van der Waals surface area contributed by atoms with Gasteiger partial charge in [0.1, 0.15) is 10.9 Å². The Kier molecular flexibility index (Phi) is 3.43. The summed E-state index contributed by atoms with van der Waals surface area (Å²) >= 11 is 6.36. The maximum Gasteiger partial charge on any atom is 0.139 e. The Morgan fingerprint density at radius 2 is 1.91 bits per heavy atom. The Labute approximate surface area is 139 Å². The summed E-state index contributed by atoms with van der Waals surface area (Å²) < 4.78 is 7.52. The summed E-state index contributed by atoms with van der Waals surface area (Å²) in [4.78, 5) is 4.48. The zero-order valence-corrected chi connectivity index (χ0v) is 13.4. The lowest BCUT2D eigenvalue weighted by atomic mass is 10.1. The molecular formula is C19H15ClN2O. The van der Waals surface area contributed by atoms with Crippen LogP contribution in [-0.2, 0) is 6.54 Å². The van der Waals surface area contributed by atoms with Crippen LogP contribution >= 0.6 is 11.6 Å². The predicted molar refractivity (Wildman–Crippen MR) is 94.3 cm³/mol. The van der Waals surface area contributed by atoms with Gasteiger partial charge in [-0.15, -0.1) is 0 Å². The Hall–Kier alpha value is -2.52. The molecule has 0 aliphatic rings. The fourth-order valence-corrected chi connectivity index (χ4v) is 3.22. The van der Waals surface area contributed by atoms with E-state index >= 15 is 0 Å². The van der Waals surface area contributed by atoms with Crippen molar-refractivity contribution in [3.8, 4) is 5.75 Å². The number of pyridine rings is 1. The first kappa shape index (κ1) is 14.1. The number of para-hydroxylation sites is 1. The first-order valence-electron chi connectivity index (χ1n) is 7.42. The lowest BCUT2D eigenvalue weighted by Gasteiger charge is -2.10. The number of ether oxygens (including phenoxy) is 1. The van der Waals surface area contributed by atoms with Crippen LogP contribution in [0.1, 0.15) is 5.56 Å². The largest absolute Gasteiger partial charge is 0.497 e. The van der Waals surface area contributed by atoms with Crippen molar-refractivity contribution in [3.63, 3.8) is 0 Å².